The molecular weight excluding hydrogens is 234 g/mol. The summed E-state index contributed by atoms with van der Waals surface area (Å²) in [5.41, 5.74) is 0.298. The van der Waals surface area contributed by atoms with Crippen LogP contribution >= 0.6 is 0 Å². The van der Waals surface area contributed by atoms with Crippen molar-refractivity contribution >= 4 is 0 Å². The minimum atomic E-state index is 0.111. The van der Waals surface area contributed by atoms with E-state index < -0.39 is 0 Å². The molecule has 0 aromatic heterocycles. The summed E-state index contributed by atoms with van der Waals surface area (Å²) in [4.78, 5) is 0. The fourth-order valence-electron chi connectivity index (χ4n) is 3.71. The van der Waals surface area contributed by atoms with Crippen molar-refractivity contribution < 1.29 is 4.74 Å². The highest BCUT2D eigenvalue weighted by atomic mass is 16.5. The Kier molecular flexibility index (Phi) is 4.94. The van der Waals surface area contributed by atoms with Gasteiger partial charge in [0.05, 0.1) is 11.7 Å². The van der Waals surface area contributed by atoms with Crippen LogP contribution in [-0.4, -0.2) is 23.8 Å². The lowest BCUT2D eigenvalue weighted by Gasteiger charge is -2.43. The van der Waals surface area contributed by atoms with Crippen LogP contribution in [0.25, 0.3) is 0 Å². The third kappa shape index (κ3) is 4.75. The molecule has 0 aliphatic heterocycles. The number of rotatable bonds is 4. The van der Waals surface area contributed by atoms with Crippen LogP contribution in [-0.2, 0) is 4.74 Å². The zero-order valence-corrected chi connectivity index (χ0v) is 13.4. The Morgan fingerprint density at radius 3 is 2.37 bits per heavy atom. The van der Waals surface area contributed by atoms with Gasteiger partial charge in [0, 0.05) is 12.1 Å². The predicted molar refractivity (Wildman–Crippen MR) is 81.5 cm³/mol. The Balaban J connectivity index is 1.98. The molecule has 2 aliphatic rings. The average Bonchev–Trinajstić information content (AvgIpc) is 2.78. The van der Waals surface area contributed by atoms with Crippen LogP contribution < -0.4 is 5.32 Å². The van der Waals surface area contributed by atoms with Crippen molar-refractivity contribution in [3.05, 3.63) is 0 Å². The average molecular weight is 267 g/mol. The van der Waals surface area contributed by atoms with E-state index in [1.165, 1.54) is 51.4 Å². The van der Waals surface area contributed by atoms with Crippen LogP contribution in [0.2, 0.25) is 0 Å². The number of hydrogen-bond donors (Lipinski definition) is 1. The molecule has 0 aromatic rings. The van der Waals surface area contributed by atoms with E-state index in [9.17, 15) is 0 Å². The molecule has 0 radical (unpaired) electrons. The summed E-state index contributed by atoms with van der Waals surface area (Å²) in [5.74, 6) is 0.817. The number of nitrogens with one attached hydrogen (secondary N) is 1. The van der Waals surface area contributed by atoms with Crippen molar-refractivity contribution in [1.82, 2.24) is 5.32 Å². The SMILES string of the molecule is CC1CCCC(CNC(C)(C)C)(OC2CCCC2)C1. The largest absolute Gasteiger partial charge is 0.370 e. The Labute approximate surface area is 119 Å². The van der Waals surface area contributed by atoms with Crippen molar-refractivity contribution in [3.8, 4) is 0 Å². The standard InChI is InChI=1S/C17H33NO/c1-14-8-7-11-17(12-14,13-18-16(2,3)4)19-15-9-5-6-10-15/h14-15,18H,5-13H2,1-4H3. The maximum absolute atomic E-state index is 6.64. The molecule has 0 aromatic carbocycles. The molecule has 2 heteroatoms. The molecular formula is C17H33NO. The minimum Gasteiger partial charge on any atom is -0.370 e. The second-order valence-electron chi connectivity index (χ2n) is 8.01. The maximum Gasteiger partial charge on any atom is 0.0812 e. The van der Waals surface area contributed by atoms with E-state index in [-0.39, 0.29) is 11.1 Å². The summed E-state index contributed by atoms with van der Waals surface area (Å²) < 4.78 is 6.64. The molecule has 1 N–H and O–H groups in total. The van der Waals surface area contributed by atoms with Crippen molar-refractivity contribution in [3.63, 3.8) is 0 Å². The van der Waals surface area contributed by atoms with Gasteiger partial charge in [-0.05, 0) is 52.4 Å². The molecule has 0 saturated heterocycles. The van der Waals surface area contributed by atoms with E-state index in [4.69, 9.17) is 4.74 Å². The lowest BCUT2D eigenvalue weighted by Crippen LogP contribution is -2.52. The number of hydrogen-bond acceptors (Lipinski definition) is 2. The van der Waals surface area contributed by atoms with E-state index in [1.54, 1.807) is 0 Å². The first-order chi connectivity index (χ1) is 8.89. The van der Waals surface area contributed by atoms with E-state index >= 15 is 0 Å². The molecule has 112 valence electrons. The summed E-state index contributed by atoms with van der Waals surface area (Å²) >= 11 is 0. The van der Waals surface area contributed by atoms with E-state index in [0.29, 0.717) is 6.10 Å². The van der Waals surface area contributed by atoms with E-state index in [2.05, 4.69) is 33.0 Å². The van der Waals surface area contributed by atoms with Crippen molar-refractivity contribution in [2.45, 2.75) is 96.3 Å². The van der Waals surface area contributed by atoms with Gasteiger partial charge in [-0.3, -0.25) is 0 Å². The summed E-state index contributed by atoms with van der Waals surface area (Å²) in [6.45, 7) is 10.2. The van der Waals surface area contributed by atoms with Crippen LogP contribution in [0.1, 0.15) is 79.1 Å². The third-order valence-corrected chi connectivity index (χ3v) is 4.71. The fourth-order valence-corrected chi connectivity index (χ4v) is 3.71. The van der Waals surface area contributed by atoms with Gasteiger partial charge in [0.15, 0.2) is 0 Å². The van der Waals surface area contributed by atoms with Crippen molar-refractivity contribution in [1.29, 1.82) is 0 Å². The zero-order chi connectivity index (χ0) is 13.9. The van der Waals surface area contributed by atoms with Gasteiger partial charge in [-0.25, -0.2) is 0 Å². The van der Waals surface area contributed by atoms with Crippen LogP contribution in [0.15, 0.2) is 0 Å². The van der Waals surface area contributed by atoms with Gasteiger partial charge >= 0.3 is 0 Å². The highest BCUT2D eigenvalue weighted by Crippen LogP contribution is 2.38. The number of ether oxygens (including phenoxy) is 1. The van der Waals surface area contributed by atoms with E-state index in [0.717, 1.165) is 12.5 Å². The Morgan fingerprint density at radius 2 is 1.79 bits per heavy atom. The Hall–Kier alpha value is -0.0800. The molecule has 2 atom stereocenters. The minimum absolute atomic E-state index is 0.111. The van der Waals surface area contributed by atoms with Gasteiger partial charge in [0.1, 0.15) is 0 Å². The molecule has 0 heterocycles. The maximum atomic E-state index is 6.64. The summed E-state index contributed by atoms with van der Waals surface area (Å²) in [7, 11) is 0. The first-order valence-electron chi connectivity index (χ1n) is 8.31. The molecule has 19 heavy (non-hydrogen) atoms. The fraction of sp³-hybridized carbons (Fsp3) is 1.00. The van der Waals surface area contributed by atoms with Crippen molar-refractivity contribution in [2.24, 2.45) is 5.92 Å². The van der Waals surface area contributed by atoms with Gasteiger partial charge in [0.25, 0.3) is 0 Å². The summed E-state index contributed by atoms with van der Waals surface area (Å²) in [5, 5.41) is 3.70. The Bertz CT molecular complexity index is 277. The molecule has 2 rings (SSSR count). The second kappa shape index (κ2) is 6.13. The van der Waals surface area contributed by atoms with Crippen LogP contribution in [0.3, 0.4) is 0 Å². The molecule has 2 saturated carbocycles. The normalized spacial score (nSPS) is 33.8. The second-order valence-corrected chi connectivity index (χ2v) is 8.01. The topological polar surface area (TPSA) is 21.3 Å². The molecule has 2 aliphatic carbocycles. The third-order valence-electron chi connectivity index (χ3n) is 4.71. The quantitative estimate of drug-likeness (QED) is 0.820. The highest BCUT2D eigenvalue weighted by molar-refractivity contribution is 4.92. The first kappa shape index (κ1) is 15.3. The van der Waals surface area contributed by atoms with Gasteiger partial charge in [0.2, 0.25) is 0 Å². The molecule has 0 spiro atoms. The molecule has 0 bridgehead atoms. The zero-order valence-electron chi connectivity index (χ0n) is 13.4. The van der Waals surface area contributed by atoms with Crippen LogP contribution in [0.4, 0.5) is 0 Å². The van der Waals surface area contributed by atoms with Crippen LogP contribution in [0, 0.1) is 5.92 Å². The van der Waals surface area contributed by atoms with E-state index in [1.807, 2.05) is 0 Å². The molecule has 2 fully saturated rings. The molecule has 2 nitrogen and oxygen atoms in total. The summed E-state index contributed by atoms with van der Waals surface area (Å²) in [6.07, 6.45) is 11.0. The lowest BCUT2D eigenvalue weighted by atomic mass is 9.78. The Morgan fingerprint density at radius 1 is 1.11 bits per heavy atom. The smallest absolute Gasteiger partial charge is 0.0812 e. The van der Waals surface area contributed by atoms with Crippen LogP contribution in [0.5, 0.6) is 0 Å². The van der Waals surface area contributed by atoms with Gasteiger partial charge < -0.3 is 10.1 Å². The lowest BCUT2D eigenvalue weighted by molar-refractivity contribution is -0.120. The summed E-state index contributed by atoms with van der Waals surface area (Å²) in [6, 6.07) is 0. The van der Waals surface area contributed by atoms with Crippen molar-refractivity contribution in [2.75, 3.05) is 6.54 Å². The predicted octanol–water partition coefficient (Wildman–Crippen LogP) is 4.28. The first-order valence-corrected chi connectivity index (χ1v) is 8.31. The van der Waals surface area contributed by atoms with Gasteiger partial charge in [-0.2, -0.15) is 0 Å². The molecule has 0 amide bonds. The van der Waals surface area contributed by atoms with Gasteiger partial charge in [-0.15, -0.1) is 0 Å². The highest BCUT2D eigenvalue weighted by Gasteiger charge is 2.39. The van der Waals surface area contributed by atoms with Gasteiger partial charge in [-0.1, -0.05) is 32.6 Å². The molecule has 2 unspecified atom stereocenters. The monoisotopic (exact) mass is 267 g/mol.